The SMILES string of the molecule is Cc1cc(C)c2nc(C)n(N3C=C(c4ccccc4)n4c(N)cc5c4C(=CCC5)C3=O)c(=O)c2c1. The molecule has 7 nitrogen and oxygen atoms in total. The van der Waals surface area contributed by atoms with Gasteiger partial charge in [-0.3, -0.25) is 14.2 Å². The number of nitrogens with zero attached hydrogens (tertiary/aromatic N) is 4. The summed E-state index contributed by atoms with van der Waals surface area (Å²) in [5, 5.41) is 1.88. The van der Waals surface area contributed by atoms with E-state index in [4.69, 9.17) is 10.7 Å². The first-order chi connectivity index (χ1) is 16.8. The first kappa shape index (κ1) is 21.2. The lowest BCUT2D eigenvalue weighted by Gasteiger charge is -2.24. The molecule has 0 saturated carbocycles. The molecule has 0 saturated heterocycles. The van der Waals surface area contributed by atoms with Crippen LogP contribution in [0.15, 0.2) is 65.6 Å². The lowest BCUT2D eigenvalue weighted by molar-refractivity contribution is -0.114. The molecule has 1 aliphatic carbocycles. The summed E-state index contributed by atoms with van der Waals surface area (Å²) in [6, 6.07) is 15.5. The molecule has 0 radical (unpaired) electrons. The number of anilines is 1. The Morgan fingerprint density at radius 3 is 2.54 bits per heavy atom. The predicted octanol–water partition coefficient (Wildman–Crippen LogP) is 4.06. The summed E-state index contributed by atoms with van der Waals surface area (Å²) in [5.41, 5.74) is 12.7. The molecule has 2 aromatic carbocycles. The van der Waals surface area contributed by atoms with E-state index in [9.17, 15) is 9.59 Å². The molecule has 35 heavy (non-hydrogen) atoms. The average Bonchev–Trinajstić information content (AvgIpc) is 3.11. The molecule has 174 valence electrons. The number of amides is 1. The Hall–Kier alpha value is -4.39. The zero-order chi connectivity index (χ0) is 24.4. The van der Waals surface area contributed by atoms with Gasteiger partial charge in [0.15, 0.2) is 0 Å². The number of allylic oxidation sites excluding steroid dienone is 1. The summed E-state index contributed by atoms with van der Waals surface area (Å²) in [4.78, 5) is 32.7. The van der Waals surface area contributed by atoms with Crippen molar-refractivity contribution < 1.29 is 4.79 Å². The van der Waals surface area contributed by atoms with Gasteiger partial charge < -0.3 is 5.73 Å². The van der Waals surface area contributed by atoms with Crippen LogP contribution in [-0.4, -0.2) is 20.1 Å². The van der Waals surface area contributed by atoms with E-state index in [0.717, 1.165) is 46.5 Å². The average molecular weight is 464 g/mol. The minimum Gasteiger partial charge on any atom is -0.385 e. The summed E-state index contributed by atoms with van der Waals surface area (Å²) in [6.07, 6.45) is 5.19. The molecule has 0 bridgehead atoms. The molecule has 0 fully saturated rings. The van der Waals surface area contributed by atoms with Crippen LogP contribution >= 0.6 is 0 Å². The highest BCUT2D eigenvalue weighted by molar-refractivity contribution is 6.26. The molecule has 4 aromatic rings. The number of rotatable bonds is 2. The van der Waals surface area contributed by atoms with Crippen LogP contribution in [-0.2, 0) is 11.2 Å². The lowest BCUT2D eigenvalue weighted by atomic mass is 9.96. The van der Waals surface area contributed by atoms with E-state index in [0.29, 0.717) is 28.1 Å². The van der Waals surface area contributed by atoms with Gasteiger partial charge in [-0.05, 0) is 62.4 Å². The van der Waals surface area contributed by atoms with Crippen LogP contribution in [0.4, 0.5) is 5.82 Å². The molecule has 0 spiro atoms. The van der Waals surface area contributed by atoms with Crippen molar-refractivity contribution in [3.63, 3.8) is 0 Å². The van der Waals surface area contributed by atoms with E-state index in [1.165, 1.54) is 9.69 Å². The molecule has 2 aromatic heterocycles. The van der Waals surface area contributed by atoms with Crippen molar-refractivity contribution in [1.29, 1.82) is 0 Å². The van der Waals surface area contributed by atoms with Gasteiger partial charge in [-0.15, -0.1) is 0 Å². The summed E-state index contributed by atoms with van der Waals surface area (Å²) >= 11 is 0. The summed E-state index contributed by atoms with van der Waals surface area (Å²) in [6.45, 7) is 5.65. The second-order valence-electron chi connectivity index (χ2n) is 9.22. The maximum Gasteiger partial charge on any atom is 0.280 e. The topological polar surface area (TPSA) is 86.2 Å². The van der Waals surface area contributed by atoms with Crippen molar-refractivity contribution in [2.24, 2.45) is 0 Å². The van der Waals surface area contributed by atoms with Crippen molar-refractivity contribution in [3.05, 3.63) is 105 Å². The summed E-state index contributed by atoms with van der Waals surface area (Å²) in [5.74, 6) is 0.703. The minimum absolute atomic E-state index is 0.285. The highest BCUT2D eigenvalue weighted by atomic mass is 16.2. The number of fused-ring (bicyclic) bond motifs is 1. The maximum atomic E-state index is 14.1. The third kappa shape index (κ3) is 3.08. The number of carbonyl (C=O) groups is 1. The largest absolute Gasteiger partial charge is 0.385 e. The molecule has 1 amide bonds. The van der Waals surface area contributed by atoms with E-state index in [1.807, 2.05) is 73.0 Å². The van der Waals surface area contributed by atoms with Crippen LogP contribution in [0, 0.1) is 20.8 Å². The Morgan fingerprint density at radius 1 is 1.00 bits per heavy atom. The number of nitrogen functional groups attached to an aromatic ring is 1. The standard InChI is InChI=1S/C28H25N5O2/c1-16-12-17(2)25-22(13-16)28(35)33(18(3)30-25)31-15-23(19-8-5-4-6-9-19)32-24(29)14-20-10-7-11-21(26(20)32)27(31)34/h4-6,8-9,11-15H,7,10,29H2,1-3H3. The molecule has 6 rings (SSSR count). The normalized spacial score (nSPS) is 15.1. The molecule has 2 N–H and O–H groups in total. The summed E-state index contributed by atoms with van der Waals surface area (Å²) in [7, 11) is 0. The molecule has 1 aliphatic heterocycles. The van der Waals surface area contributed by atoms with Crippen molar-refractivity contribution in [2.75, 3.05) is 10.7 Å². The third-order valence-electron chi connectivity index (χ3n) is 6.78. The van der Waals surface area contributed by atoms with E-state index in [1.54, 1.807) is 13.1 Å². The van der Waals surface area contributed by atoms with Crippen LogP contribution < -0.4 is 16.3 Å². The first-order valence-electron chi connectivity index (χ1n) is 11.7. The van der Waals surface area contributed by atoms with Gasteiger partial charge in [0.05, 0.1) is 34.1 Å². The molecule has 0 atom stereocenters. The zero-order valence-electron chi connectivity index (χ0n) is 19.9. The Morgan fingerprint density at radius 2 is 1.77 bits per heavy atom. The second-order valence-corrected chi connectivity index (χ2v) is 9.22. The van der Waals surface area contributed by atoms with Gasteiger partial charge in [0.1, 0.15) is 11.6 Å². The Bertz CT molecular complexity index is 1670. The van der Waals surface area contributed by atoms with Gasteiger partial charge in [-0.25, -0.2) is 9.99 Å². The highest BCUT2D eigenvalue weighted by Crippen LogP contribution is 2.38. The van der Waals surface area contributed by atoms with Crippen LogP contribution in [0.3, 0.4) is 0 Å². The molecule has 3 heterocycles. The molecular weight excluding hydrogens is 438 g/mol. The van der Waals surface area contributed by atoms with E-state index < -0.39 is 0 Å². The highest BCUT2D eigenvalue weighted by Gasteiger charge is 2.34. The molecular formula is C28H25N5O2. The molecule has 0 unspecified atom stereocenters. The van der Waals surface area contributed by atoms with Crippen molar-refractivity contribution in [2.45, 2.75) is 33.6 Å². The van der Waals surface area contributed by atoms with Gasteiger partial charge in [-0.2, -0.15) is 4.68 Å². The van der Waals surface area contributed by atoms with Crippen molar-refractivity contribution in [1.82, 2.24) is 14.2 Å². The number of aryl methyl sites for hydroxylation is 4. The minimum atomic E-state index is -0.285. The second kappa shape index (κ2) is 7.56. The van der Waals surface area contributed by atoms with Crippen LogP contribution in [0.2, 0.25) is 0 Å². The quantitative estimate of drug-likeness (QED) is 0.486. The maximum absolute atomic E-state index is 14.1. The van der Waals surface area contributed by atoms with Crippen molar-refractivity contribution >= 4 is 33.9 Å². The van der Waals surface area contributed by atoms with Crippen LogP contribution in [0.25, 0.3) is 22.2 Å². The molecule has 2 aliphatic rings. The number of carbonyl (C=O) groups excluding carboxylic acids is 1. The van der Waals surface area contributed by atoms with E-state index >= 15 is 0 Å². The number of nitrogens with two attached hydrogens (primary N) is 1. The summed E-state index contributed by atoms with van der Waals surface area (Å²) < 4.78 is 3.31. The van der Waals surface area contributed by atoms with Gasteiger partial charge in [0, 0.05) is 5.56 Å². The van der Waals surface area contributed by atoms with Crippen LogP contribution in [0.5, 0.6) is 0 Å². The van der Waals surface area contributed by atoms with Gasteiger partial charge in [0.25, 0.3) is 11.5 Å². The number of hydrogen-bond donors (Lipinski definition) is 1. The van der Waals surface area contributed by atoms with Gasteiger partial charge >= 0.3 is 0 Å². The predicted molar refractivity (Wildman–Crippen MR) is 138 cm³/mol. The number of benzene rings is 2. The smallest absolute Gasteiger partial charge is 0.280 e. The number of aromatic nitrogens is 3. The first-order valence-corrected chi connectivity index (χ1v) is 11.7. The fourth-order valence-electron chi connectivity index (χ4n) is 5.30. The molecule has 7 heteroatoms. The fraction of sp³-hybridized carbons (Fsp3) is 0.179. The zero-order valence-corrected chi connectivity index (χ0v) is 19.9. The Kier molecular flexibility index (Phi) is 4.57. The van der Waals surface area contributed by atoms with E-state index in [-0.39, 0.29) is 11.5 Å². The lowest BCUT2D eigenvalue weighted by Crippen LogP contribution is -2.44. The monoisotopic (exact) mass is 463 g/mol. The van der Waals surface area contributed by atoms with E-state index in [2.05, 4.69) is 0 Å². The third-order valence-corrected chi connectivity index (χ3v) is 6.78. The van der Waals surface area contributed by atoms with Crippen molar-refractivity contribution in [3.8, 4) is 0 Å². The fourth-order valence-corrected chi connectivity index (χ4v) is 5.30. The Labute approximate surface area is 202 Å². The van der Waals surface area contributed by atoms with Crippen LogP contribution in [0.1, 0.15) is 40.2 Å². The van der Waals surface area contributed by atoms with Gasteiger partial charge in [-0.1, -0.05) is 42.5 Å². The van der Waals surface area contributed by atoms with Gasteiger partial charge in [0.2, 0.25) is 0 Å². The Balaban J connectivity index is 1.69. The number of hydrogen-bond acceptors (Lipinski definition) is 4.